The summed E-state index contributed by atoms with van der Waals surface area (Å²) in [5.74, 6) is 0. The molecule has 4 heteroatoms. The van der Waals surface area contributed by atoms with Crippen molar-refractivity contribution in [2.45, 2.75) is 0 Å². The van der Waals surface area contributed by atoms with Gasteiger partial charge >= 0.3 is 0 Å². The quantitative estimate of drug-likeness (QED) is 0.596. The van der Waals surface area contributed by atoms with Crippen molar-refractivity contribution in [3.63, 3.8) is 0 Å². The number of hydrogen-bond donors (Lipinski definition) is 2. The molecule has 0 aliphatic carbocycles. The summed E-state index contributed by atoms with van der Waals surface area (Å²) in [7, 11) is 2.66. The third-order valence-electron chi connectivity index (χ3n) is 1.21. The van der Waals surface area contributed by atoms with Gasteiger partial charge in [-0.15, -0.1) is 0 Å². The highest BCUT2D eigenvalue weighted by molar-refractivity contribution is 8.32. The number of nitrogens with one attached hydrogen (secondary N) is 2. The number of hydrogen-bond acceptors (Lipinski definition) is 3. The van der Waals surface area contributed by atoms with Crippen LogP contribution in [0.1, 0.15) is 0 Å². The van der Waals surface area contributed by atoms with Crippen molar-refractivity contribution in [2.75, 3.05) is 14.1 Å². The highest BCUT2D eigenvalue weighted by atomic mass is 32.3. The maximum absolute atomic E-state index is 4.23. The fourth-order valence-corrected chi connectivity index (χ4v) is 1.98. The van der Waals surface area contributed by atoms with Crippen LogP contribution in [0.15, 0.2) is 15.9 Å². The highest BCUT2D eigenvalue weighted by Gasteiger charge is 2.14. The summed E-state index contributed by atoms with van der Waals surface area (Å²) in [5.41, 5.74) is 0. The predicted molar refractivity (Wildman–Crippen MR) is 43.3 cm³/mol. The normalized spacial score (nSPS) is 24.7. The Morgan fingerprint density at radius 3 is 2.22 bits per heavy atom. The highest BCUT2D eigenvalue weighted by Crippen LogP contribution is 2.42. The van der Waals surface area contributed by atoms with E-state index in [-0.39, 0.29) is 0 Å². The zero-order valence-electron chi connectivity index (χ0n) is 5.59. The lowest BCUT2D eigenvalue weighted by Crippen LogP contribution is -2.22. The topological polar surface area (TPSA) is 36.4 Å². The molecule has 1 heterocycles. The van der Waals surface area contributed by atoms with E-state index in [9.17, 15) is 0 Å². The van der Waals surface area contributed by atoms with Crippen molar-refractivity contribution in [3.05, 3.63) is 11.5 Å². The van der Waals surface area contributed by atoms with E-state index >= 15 is 0 Å². The van der Waals surface area contributed by atoms with Crippen LogP contribution in [0.5, 0.6) is 0 Å². The van der Waals surface area contributed by atoms with Gasteiger partial charge in [-0.05, 0) is 30.8 Å². The van der Waals surface area contributed by atoms with Crippen molar-refractivity contribution in [2.24, 2.45) is 4.40 Å². The molecule has 0 aromatic heterocycles. The Morgan fingerprint density at radius 2 is 2.00 bits per heavy atom. The first-order chi connectivity index (χ1) is 4.33. The maximum atomic E-state index is 4.23. The van der Waals surface area contributed by atoms with Crippen LogP contribution in [0.2, 0.25) is 0 Å². The van der Waals surface area contributed by atoms with Gasteiger partial charge in [0.2, 0.25) is 0 Å². The Balaban J connectivity index is 2.69. The van der Waals surface area contributed by atoms with Crippen LogP contribution in [-0.2, 0) is 0 Å². The average molecular weight is 145 g/mol. The van der Waals surface area contributed by atoms with Gasteiger partial charge in [-0.2, -0.15) is 0 Å². The molecule has 0 aromatic carbocycles. The van der Waals surface area contributed by atoms with E-state index in [0.717, 1.165) is 0 Å². The summed E-state index contributed by atoms with van der Waals surface area (Å²) in [6, 6.07) is 0. The van der Waals surface area contributed by atoms with Gasteiger partial charge in [-0.3, -0.25) is 9.44 Å². The van der Waals surface area contributed by atoms with Crippen LogP contribution in [0.4, 0.5) is 0 Å². The third-order valence-corrected chi connectivity index (χ3v) is 3.46. The second kappa shape index (κ2) is 2.51. The molecule has 1 aliphatic rings. The lowest BCUT2D eigenvalue weighted by molar-refractivity contribution is 1.16. The molecule has 0 unspecified atom stereocenters. The smallest absolute Gasteiger partial charge is 0.0370 e. The minimum Gasteiger partial charge on any atom is -0.253 e. The molecule has 0 spiro atoms. The monoisotopic (exact) mass is 145 g/mol. The van der Waals surface area contributed by atoms with Gasteiger partial charge in [-0.25, -0.2) is 4.40 Å². The minimum absolute atomic E-state index is 1.15. The molecule has 3 nitrogen and oxygen atoms in total. The van der Waals surface area contributed by atoms with Crippen LogP contribution >= 0.6 is 10.6 Å². The SMILES string of the molecule is CNS1(NC)C=CC=N1. The molecule has 9 heavy (non-hydrogen) atoms. The van der Waals surface area contributed by atoms with Crippen LogP contribution in [0, 0.1) is 0 Å². The fraction of sp³-hybridized carbons (Fsp3) is 0.400. The van der Waals surface area contributed by atoms with E-state index in [1.54, 1.807) is 0 Å². The van der Waals surface area contributed by atoms with Crippen LogP contribution in [0.3, 0.4) is 0 Å². The van der Waals surface area contributed by atoms with Gasteiger partial charge in [0.1, 0.15) is 0 Å². The molecule has 0 atom stereocenters. The summed E-state index contributed by atoms with van der Waals surface area (Å²) < 4.78 is 10.5. The van der Waals surface area contributed by atoms with Crippen molar-refractivity contribution in [1.82, 2.24) is 9.44 Å². The second-order valence-corrected chi connectivity index (χ2v) is 4.17. The molecule has 1 aliphatic heterocycles. The number of rotatable bonds is 2. The van der Waals surface area contributed by atoms with E-state index in [1.165, 1.54) is 0 Å². The van der Waals surface area contributed by atoms with Gasteiger partial charge in [-0.1, -0.05) is 0 Å². The molecule has 0 radical (unpaired) electrons. The van der Waals surface area contributed by atoms with Crippen molar-refractivity contribution < 1.29 is 0 Å². The Labute approximate surface area is 57.0 Å². The van der Waals surface area contributed by atoms with Gasteiger partial charge in [0, 0.05) is 11.6 Å². The first kappa shape index (κ1) is 6.80. The van der Waals surface area contributed by atoms with Crippen molar-refractivity contribution >= 4 is 16.8 Å². The number of allylic oxidation sites excluding steroid dienone is 1. The van der Waals surface area contributed by atoms with Crippen LogP contribution in [0.25, 0.3) is 0 Å². The Bertz CT molecular complexity index is 134. The molecule has 0 aromatic rings. The summed E-state index contributed by atoms with van der Waals surface area (Å²) in [6.45, 7) is 0. The second-order valence-electron chi connectivity index (χ2n) is 1.62. The number of nitrogens with zero attached hydrogens (tertiary/aromatic N) is 1. The molecule has 0 saturated heterocycles. The van der Waals surface area contributed by atoms with E-state index in [0.29, 0.717) is 0 Å². The first-order valence-corrected chi connectivity index (χ1v) is 4.40. The van der Waals surface area contributed by atoms with E-state index < -0.39 is 10.6 Å². The zero-order chi connectivity index (χ0) is 6.74. The van der Waals surface area contributed by atoms with Gasteiger partial charge in [0.05, 0.1) is 0 Å². The first-order valence-electron chi connectivity index (χ1n) is 2.75. The Kier molecular flexibility index (Phi) is 1.90. The molecular formula is C5H11N3S. The Morgan fingerprint density at radius 1 is 1.33 bits per heavy atom. The molecular weight excluding hydrogens is 134 g/mol. The van der Waals surface area contributed by atoms with Gasteiger partial charge in [0.25, 0.3) is 0 Å². The maximum Gasteiger partial charge on any atom is 0.0370 e. The molecule has 52 valence electrons. The molecule has 0 bridgehead atoms. The summed E-state index contributed by atoms with van der Waals surface area (Å²) in [5, 5.41) is 2.05. The van der Waals surface area contributed by atoms with E-state index in [1.807, 2.05) is 31.8 Å². The van der Waals surface area contributed by atoms with Gasteiger partial charge in [0.15, 0.2) is 0 Å². The minimum atomic E-state index is -1.15. The molecule has 0 amide bonds. The molecule has 1 rings (SSSR count). The molecule has 2 N–H and O–H groups in total. The van der Waals surface area contributed by atoms with Crippen molar-refractivity contribution in [3.8, 4) is 0 Å². The predicted octanol–water partition coefficient (Wildman–Crippen LogP) is 0.573. The van der Waals surface area contributed by atoms with E-state index in [4.69, 9.17) is 0 Å². The van der Waals surface area contributed by atoms with E-state index in [2.05, 4.69) is 13.8 Å². The lowest BCUT2D eigenvalue weighted by atomic mass is 10.7. The summed E-state index contributed by atoms with van der Waals surface area (Å²) in [4.78, 5) is 0. The lowest BCUT2D eigenvalue weighted by Gasteiger charge is -2.27. The standard InChI is InChI=1S/C5H11N3S/c1-6-9(7-2)5-3-4-8-9/h3-7H,1-2H3. The zero-order valence-corrected chi connectivity index (χ0v) is 6.40. The average Bonchev–Trinajstić information content (AvgIpc) is 2.36. The van der Waals surface area contributed by atoms with Crippen molar-refractivity contribution in [1.29, 1.82) is 0 Å². The largest absolute Gasteiger partial charge is 0.253 e. The third kappa shape index (κ3) is 1.15. The molecule has 0 fully saturated rings. The van der Waals surface area contributed by atoms with Crippen LogP contribution in [-0.4, -0.2) is 20.3 Å². The molecule has 0 saturated carbocycles. The fourth-order valence-electron chi connectivity index (χ4n) is 0.659. The van der Waals surface area contributed by atoms with Crippen LogP contribution < -0.4 is 9.44 Å². The summed E-state index contributed by atoms with van der Waals surface area (Å²) in [6.07, 6.45) is 3.75. The Hall–Kier alpha value is -0.320. The van der Waals surface area contributed by atoms with Gasteiger partial charge < -0.3 is 0 Å². The summed E-state index contributed by atoms with van der Waals surface area (Å²) >= 11 is 0.